The predicted octanol–water partition coefficient (Wildman–Crippen LogP) is 3.16. The van der Waals surface area contributed by atoms with E-state index in [1.807, 2.05) is 18.2 Å². The first kappa shape index (κ1) is 19.4. The molecule has 0 aliphatic heterocycles. The van der Waals surface area contributed by atoms with Gasteiger partial charge in [-0.05, 0) is 66.3 Å². The highest BCUT2D eigenvalue weighted by atomic mass is 16.5. The van der Waals surface area contributed by atoms with E-state index in [-0.39, 0.29) is 12.5 Å². The van der Waals surface area contributed by atoms with E-state index in [1.54, 1.807) is 30.3 Å². The Balaban J connectivity index is 1.46. The lowest BCUT2D eigenvalue weighted by Gasteiger charge is -2.07. The van der Waals surface area contributed by atoms with Crippen LogP contribution < -0.4 is 5.32 Å². The molecule has 0 saturated heterocycles. The minimum atomic E-state index is -0.624. The number of amides is 1. The first-order valence-electron chi connectivity index (χ1n) is 9.00. The Hall–Kier alpha value is -3.41. The highest BCUT2D eigenvalue weighted by molar-refractivity contribution is 5.95. The van der Waals surface area contributed by atoms with Gasteiger partial charge in [0.25, 0.3) is 5.91 Å². The quantitative estimate of drug-likeness (QED) is 0.616. The lowest BCUT2D eigenvalue weighted by Crippen LogP contribution is -2.20. The van der Waals surface area contributed by atoms with Gasteiger partial charge >= 0.3 is 11.9 Å². The zero-order valence-electron chi connectivity index (χ0n) is 15.6. The zero-order valence-corrected chi connectivity index (χ0v) is 15.6. The molecule has 1 aliphatic rings. The second-order valence-corrected chi connectivity index (χ2v) is 6.44. The maximum absolute atomic E-state index is 12.0. The monoisotopic (exact) mass is 379 g/mol. The molecule has 0 saturated carbocycles. The van der Waals surface area contributed by atoms with E-state index in [0.717, 1.165) is 19.3 Å². The molecule has 0 unspecified atom stereocenters. The molecular formula is C22H21NO5. The maximum atomic E-state index is 12.0. The van der Waals surface area contributed by atoms with E-state index >= 15 is 0 Å². The minimum Gasteiger partial charge on any atom is -0.465 e. The third kappa shape index (κ3) is 5.07. The fourth-order valence-electron chi connectivity index (χ4n) is 3.04. The van der Waals surface area contributed by atoms with E-state index in [4.69, 9.17) is 4.74 Å². The van der Waals surface area contributed by atoms with Gasteiger partial charge < -0.3 is 14.8 Å². The van der Waals surface area contributed by atoms with Crippen molar-refractivity contribution in [2.75, 3.05) is 19.0 Å². The Morgan fingerprint density at radius 3 is 2.54 bits per heavy atom. The van der Waals surface area contributed by atoms with E-state index in [1.165, 1.54) is 24.3 Å². The molecule has 2 aromatic rings. The largest absolute Gasteiger partial charge is 0.465 e. The molecule has 3 rings (SSSR count). The Morgan fingerprint density at radius 2 is 1.79 bits per heavy atom. The molecule has 0 aromatic heterocycles. The van der Waals surface area contributed by atoms with Gasteiger partial charge in [0.2, 0.25) is 0 Å². The van der Waals surface area contributed by atoms with Crippen LogP contribution in [-0.2, 0) is 31.9 Å². The van der Waals surface area contributed by atoms with E-state index in [9.17, 15) is 14.4 Å². The van der Waals surface area contributed by atoms with Crippen molar-refractivity contribution in [1.82, 2.24) is 0 Å². The summed E-state index contributed by atoms with van der Waals surface area (Å²) in [6, 6.07) is 12.4. The van der Waals surface area contributed by atoms with Crippen molar-refractivity contribution in [1.29, 1.82) is 0 Å². The molecule has 1 aliphatic carbocycles. The maximum Gasteiger partial charge on any atom is 0.337 e. The summed E-state index contributed by atoms with van der Waals surface area (Å²) in [5, 5.41) is 2.74. The number of hydrogen-bond donors (Lipinski definition) is 1. The number of carbonyl (C=O) groups excluding carboxylic acids is 3. The van der Waals surface area contributed by atoms with E-state index in [2.05, 4.69) is 10.1 Å². The molecule has 0 atom stereocenters. The highest BCUT2D eigenvalue weighted by Crippen LogP contribution is 2.24. The predicted molar refractivity (Wildman–Crippen MR) is 105 cm³/mol. The zero-order chi connectivity index (χ0) is 19.9. The smallest absolute Gasteiger partial charge is 0.337 e. The van der Waals surface area contributed by atoms with Crippen molar-refractivity contribution >= 4 is 29.6 Å². The van der Waals surface area contributed by atoms with Crippen molar-refractivity contribution in [3.63, 3.8) is 0 Å². The Morgan fingerprint density at radius 1 is 1.04 bits per heavy atom. The van der Waals surface area contributed by atoms with Gasteiger partial charge in [-0.25, -0.2) is 9.59 Å². The fourth-order valence-corrected chi connectivity index (χ4v) is 3.04. The molecule has 0 radical (unpaired) electrons. The molecule has 0 fully saturated rings. The van der Waals surface area contributed by atoms with Crippen molar-refractivity contribution in [3.05, 3.63) is 70.8 Å². The summed E-state index contributed by atoms with van der Waals surface area (Å²) in [7, 11) is 1.31. The fraction of sp³-hybridized carbons (Fsp3) is 0.227. The third-order valence-corrected chi connectivity index (χ3v) is 4.47. The Kier molecular flexibility index (Phi) is 6.22. The highest BCUT2D eigenvalue weighted by Gasteiger charge is 2.12. The van der Waals surface area contributed by atoms with Crippen molar-refractivity contribution in [2.45, 2.75) is 19.3 Å². The van der Waals surface area contributed by atoms with Gasteiger partial charge in [-0.15, -0.1) is 0 Å². The number of aryl methyl sites for hydroxylation is 2. The van der Waals surface area contributed by atoms with Crippen LogP contribution in [0.1, 0.15) is 33.5 Å². The molecule has 0 bridgehead atoms. The number of rotatable bonds is 6. The van der Waals surface area contributed by atoms with Crippen LogP contribution >= 0.6 is 0 Å². The van der Waals surface area contributed by atoms with Crippen LogP contribution in [0.4, 0.5) is 5.69 Å². The lowest BCUT2D eigenvalue weighted by atomic mass is 10.1. The summed E-state index contributed by atoms with van der Waals surface area (Å²) in [6.07, 6.45) is 6.03. The summed E-state index contributed by atoms with van der Waals surface area (Å²) < 4.78 is 9.58. The topological polar surface area (TPSA) is 81.7 Å². The third-order valence-electron chi connectivity index (χ3n) is 4.47. The van der Waals surface area contributed by atoms with Crippen LogP contribution in [0.3, 0.4) is 0 Å². The molecule has 1 amide bonds. The van der Waals surface area contributed by atoms with Gasteiger partial charge in [0, 0.05) is 11.8 Å². The average Bonchev–Trinajstić information content (AvgIpc) is 3.18. The number of hydrogen-bond acceptors (Lipinski definition) is 5. The molecule has 0 heterocycles. The van der Waals surface area contributed by atoms with Gasteiger partial charge in [-0.1, -0.05) is 18.2 Å². The number of carbonyl (C=O) groups is 3. The Bertz CT molecular complexity index is 915. The molecule has 6 nitrogen and oxygen atoms in total. The van der Waals surface area contributed by atoms with Crippen LogP contribution in [0.5, 0.6) is 0 Å². The van der Waals surface area contributed by atoms with E-state index < -0.39 is 11.9 Å². The summed E-state index contributed by atoms with van der Waals surface area (Å²) in [5.74, 6) is -1.44. The molecule has 1 N–H and O–H groups in total. The number of fused-ring (bicyclic) bond motifs is 1. The molecule has 2 aromatic carbocycles. The summed E-state index contributed by atoms with van der Waals surface area (Å²) in [5.41, 5.74) is 4.44. The minimum absolute atomic E-state index is 0.360. The number of nitrogens with one attached hydrogen (secondary N) is 1. The van der Waals surface area contributed by atoms with Crippen molar-refractivity contribution < 1.29 is 23.9 Å². The summed E-state index contributed by atoms with van der Waals surface area (Å²) >= 11 is 0. The first-order chi connectivity index (χ1) is 13.5. The van der Waals surface area contributed by atoms with Crippen molar-refractivity contribution in [3.8, 4) is 0 Å². The van der Waals surface area contributed by atoms with Crippen LogP contribution in [0, 0.1) is 0 Å². The number of ether oxygens (including phenoxy) is 2. The second-order valence-electron chi connectivity index (χ2n) is 6.44. The lowest BCUT2D eigenvalue weighted by molar-refractivity contribution is -0.142. The molecule has 28 heavy (non-hydrogen) atoms. The van der Waals surface area contributed by atoms with Crippen LogP contribution in [0.25, 0.3) is 6.08 Å². The second kappa shape index (κ2) is 8.99. The number of methoxy groups -OCH3 is 1. The SMILES string of the molecule is COC(=O)c1ccc(/C=C/C(=O)OCC(=O)Nc2ccc3c(c2)CCC3)cc1. The molecule has 6 heteroatoms. The van der Waals surface area contributed by atoms with Gasteiger partial charge in [0.1, 0.15) is 0 Å². The van der Waals surface area contributed by atoms with Gasteiger partial charge in [0.15, 0.2) is 6.61 Å². The van der Waals surface area contributed by atoms with Crippen LogP contribution in [0.2, 0.25) is 0 Å². The summed E-state index contributed by atoms with van der Waals surface area (Å²) in [4.78, 5) is 35.1. The van der Waals surface area contributed by atoms with Crippen LogP contribution in [-0.4, -0.2) is 31.6 Å². The first-order valence-corrected chi connectivity index (χ1v) is 9.00. The van der Waals surface area contributed by atoms with Crippen molar-refractivity contribution in [2.24, 2.45) is 0 Å². The molecule has 144 valence electrons. The number of benzene rings is 2. The number of esters is 2. The standard InChI is InChI=1S/C22H21NO5/c1-27-22(26)17-8-5-15(6-9-17)7-12-21(25)28-14-20(24)23-19-11-10-16-3-2-4-18(16)13-19/h5-13H,2-4,14H2,1H3,(H,23,24)/b12-7+. The normalized spacial score (nSPS) is 12.5. The Labute approximate surface area is 163 Å². The van der Waals surface area contributed by atoms with Gasteiger partial charge in [0.05, 0.1) is 12.7 Å². The van der Waals surface area contributed by atoms with E-state index in [0.29, 0.717) is 16.8 Å². The number of anilines is 1. The van der Waals surface area contributed by atoms with Crippen LogP contribution in [0.15, 0.2) is 48.5 Å². The summed E-state index contributed by atoms with van der Waals surface area (Å²) in [6.45, 7) is -0.360. The van der Waals surface area contributed by atoms with Gasteiger partial charge in [-0.2, -0.15) is 0 Å². The molecular weight excluding hydrogens is 358 g/mol. The molecule has 0 spiro atoms. The van der Waals surface area contributed by atoms with Gasteiger partial charge in [-0.3, -0.25) is 4.79 Å². The average molecular weight is 379 g/mol.